The summed E-state index contributed by atoms with van der Waals surface area (Å²) in [6.07, 6.45) is 4.17. The van der Waals surface area contributed by atoms with Crippen molar-refractivity contribution < 1.29 is 34.1 Å². The molecule has 0 radical (unpaired) electrons. The van der Waals surface area contributed by atoms with Crippen LogP contribution in [0.15, 0.2) is 41.3 Å². The van der Waals surface area contributed by atoms with Crippen molar-refractivity contribution in [3.8, 4) is 5.75 Å². The first-order chi connectivity index (χ1) is 17.8. The number of aliphatic carboxylic acids is 1. The third-order valence-electron chi connectivity index (χ3n) is 5.75. The maximum Gasteiger partial charge on any atom is 0.303 e. The second kappa shape index (κ2) is 16.9. The van der Waals surface area contributed by atoms with Crippen molar-refractivity contribution >= 4 is 29.3 Å². The number of carboxylic acids is 1. The summed E-state index contributed by atoms with van der Waals surface area (Å²) in [6.45, 7) is 4.65. The molecule has 2 aromatic carbocycles. The van der Waals surface area contributed by atoms with Crippen LogP contribution in [0, 0.1) is 0 Å². The molecule has 2 rings (SSSR count). The Bertz CT molecular complexity index is 1030. The highest BCUT2D eigenvalue weighted by Gasteiger charge is 2.14. The van der Waals surface area contributed by atoms with Gasteiger partial charge in [0.2, 0.25) is 0 Å². The zero-order valence-electron chi connectivity index (χ0n) is 21.8. The second-order valence-corrected chi connectivity index (χ2v) is 9.96. The fourth-order valence-electron chi connectivity index (χ4n) is 3.84. The summed E-state index contributed by atoms with van der Waals surface area (Å²) in [5.74, 6) is 0.525. The number of ether oxygens (including phenoxy) is 2. The van der Waals surface area contributed by atoms with Gasteiger partial charge in [-0.1, -0.05) is 18.2 Å². The lowest BCUT2D eigenvalue weighted by Gasteiger charge is -2.15. The molecule has 2 aromatic rings. The maximum atomic E-state index is 12.0. The van der Waals surface area contributed by atoms with E-state index in [2.05, 4.69) is 0 Å². The van der Waals surface area contributed by atoms with Gasteiger partial charge in [-0.15, -0.1) is 11.8 Å². The van der Waals surface area contributed by atoms with Crippen LogP contribution < -0.4 is 4.74 Å². The molecule has 0 bridgehead atoms. The fraction of sp³-hybridized carbons (Fsp3) is 0.483. The lowest BCUT2D eigenvalue weighted by atomic mass is 10.0. The molecule has 0 amide bonds. The summed E-state index contributed by atoms with van der Waals surface area (Å²) in [6, 6.07) is 11.3. The average molecular weight is 531 g/mol. The van der Waals surface area contributed by atoms with Crippen molar-refractivity contribution in [2.24, 2.45) is 0 Å². The first-order valence-electron chi connectivity index (χ1n) is 12.8. The number of para-hydroxylation sites is 1. The highest BCUT2D eigenvalue weighted by atomic mass is 32.2. The van der Waals surface area contributed by atoms with Crippen molar-refractivity contribution in [2.75, 3.05) is 32.2 Å². The average Bonchev–Trinajstić information content (AvgIpc) is 2.87. The van der Waals surface area contributed by atoms with E-state index in [1.165, 1.54) is 6.92 Å². The SMILES string of the molecule is CC(=O)c1ccc(SCCCOCCCc2cccc(C(C)=O)c2OCCCC(=O)O)c(CCCO)c1. The molecule has 0 unspecified atom stereocenters. The van der Waals surface area contributed by atoms with Gasteiger partial charge in [0.05, 0.1) is 12.2 Å². The molecule has 37 heavy (non-hydrogen) atoms. The van der Waals surface area contributed by atoms with Crippen molar-refractivity contribution in [1.82, 2.24) is 0 Å². The van der Waals surface area contributed by atoms with E-state index in [0.717, 1.165) is 41.0 Å². The van der Waals surface area contributed by atoms with Gasteiger partial charge in [0, 0.05) is 42.5 Å². The molecule has 0 spiro atoms. The van der Waals surface area contributed by atoms with E-state index in [1.54, 1.807) is 24.8 Å². The number of carbonyl (C=O) groups is 3. The zero-order chi connectivity index (χ0) is 27.0. The fourth-order valence-corrected chi connectivity index (χ4v) is 4.83. The van der Waals surface area contributed by atoms with Gasteiger partial charge in [0.15, 0.2) is 11.6 Å². The predicted octanol–water partition coefficient (Wildman–Crippen LogP) is 5.39. The van der Waals surface area contributed by atoms with Crippen molar-refractivity contribution in [1.29, 1.82) is 0 Å². The van der Waals surface area contributed by atoms with Crippen LogP contribution >= 0.6 is 11.8 Å². The normalized spacial score (nSPS) is 10.9. The molecule has 8 heteroatoms. The summed E-state index contributed by atoms with van der Waals surface area (Å²) >= 11 is 1.74. The number of aliphatic hydroxyl groups excluding tert-OH is 1. The maximum absolute atomic E-state index is 12.0. The minimum Gasteiger partial charge on any atom is -0.493 e. The van der Waals surface area contributed by atoms with E-state index in [9.17, 15) is 19.5 Å². The van der Waals surface area contributed by atoms with E-state index in [4.69, 9.17) is 14.6 Å². The van der Waals surface area contributed by atoms with Gasteiger partial charge in [-0.05, 0) is 81.7 Å². The third kappa shape index (κ3) is 11.1. The Morgan fingerprint density at radius 2 is 1.62 bits per heavy atom. The molecule has 0 heterocycles. The molecule has 0 aliphatic heterocycles. The van der Waals surface area contributed by atoms with Crippen LogP contribution in [0.3, 0.4) is 0 Å². The lowest BCUT2D eigenvalue weighted by Crippen LogP contribution is -2.08. The van der Waals surface area contributed by atoms with Crippen LogP contribution in [0.4, 0.5) is 0 Å². The number of thioether (sulfide) groups is 1. The Morgan fingerprint density at radius 3 is 2.32 bits per heavy atom. The summed E-state index contributed by atoms with van der Waals surface area (Å²) in [7, 11) is 0. The molecule has 0 aromatic heterocycles. The number of ketones is 2. The van der Waals surface area contributed by atoms with E-state index in [-0.39, 0.29) is 31.2 Å². The zero-order valence-corrected chi connectivity index (χ0v) is 22.6. The van der Waals surface area contributed by atoms with Gasteiger partial charge in [-0.2, -0.15) is 0 Å². The van der Waals surface area contributed by atoms with Crippen LogP contribution in [0.1, 0.15) is 77.8 Å². The molecule has 0 saturated heterocycles. The largest absolute Gasteiger partial charge is 0.493 e. The molecule has 0 saturated carbocycles. The van der Waals surface area contributed by atoms with Gasteiger partial charge in [-0.25, -0.2) is 0 Å². The van der Waals surface area contributed by atoms with Crippen molar-refractivity contribution in [3.63, 3.8) is 0 Å². The van der Waals surface area contributed by atoms with Crippen LogP contribution in [0.25, 0.3) is 0 Å². The highest BCUT2D eigenvalue weighted by molar-refractivity contribution is 7.99. The van der Waals surface area contributed by atoms with E-state index in [1.807, 2.05) is 30.3 Å². The first kappa shape index (κ1) is 30.5. The van der Waals surface area contributed by atoms with Gasteiger partial charge in [-0.3, -0.25) is 14.4 Å². The summed E-state index contributed by atoms with van der Waals surface area (Å²) < 4.78 is 11.6. The quantitative estimate of drug-likeness (QED) is 0.141. The number of carbonyl (C=O) groups excluding carboxylic acids is 2. The Morgan fingerprint density at radius 1 is 0.865 bits per heavy atom. The molecule has 202 valence electrons. The lowest BCUT2D eigenvalue weighted by molar-refractivity contribution is -0.137. The van der Waals surface area contributed by atoms with Crippen molar-refractivity contribution in [2.45, 2.75) is 63.7 Å². The molecule has 7 nitrogen and oxygen atoms in total. The molecule has 0 fully saturated rings. The molecular weight excluding hydrogens is 492 g/mol. The van der Waals surface area contributed by atoms with Crippen LogP contribution in [-0.4, -0.2) is 59.9 Å². The predicted molar refractivity (Wildman–Crippen MR) is 145 cm³/mol. The van der Waals surface area contributed by atoms with Gasteiger partial charge in [0.1, 0.15) is 5.75 Å². The number of hydrogen-bond acceptors (Lipinski definition) is 7. The van der Waals surface area contributed by atoms with Crippen LogP contribution in [-0.2, 0) is 22.4 Å². The Hall–Kier alpha value is -2.68. The smallest absolute Gasteiger partial charge is 0.303 e. The molecular formula is C29H38O7S. The number of hydrogen-bond donors (Lipinski definition) is 2. The summed E-state index contributed by atoms with van der Waals surface area (Å²) in [5.41, 5.74) is 3.23. The van der Waals surface area contributed by atoms with Gasteiger partial charge < -0.3 is 19.7 Å². The summed E-state index contributed by atoms with van der Waals surface area (Å²) in [5, 5.41) is 18.0. The number of aryl methyl sites for hydroxylation is 2. The number of carboxylic acid groups (broad SMARTS) is 1. The summed E-state index contributed by atoms with van der Waals surface area (Å²) in [4.78, 5) is 35.6. The molecule has 2 N–H and O–H groups in total. The molecule has 0 aliphatic rings. The van der Waals surface area contributed by atoms with Crippen molar-refractivity contribution in [3.05, 3.63) is 58.7 Å². The monoisotopic (exact) mass is 530 g/mol. The van der Waals surface area contributed by atoms with Crippen LogP contribution in [0.2, 0.25) is 0 Å². The number of Topliss-reactive ketones (excluding diaryl/α,β-unsaturated/α-hetero) is 2. The van der Waals surface area contributed by atoms with Crippen LogP contribution in [0.5, 0.6) is 5.75 Å². The number of benzene rings is 2. The second-order valence-electron chi connectivity index (χ2n) is 8.82. The standard InChI is InChI=1S/C29H38O7S/c1-21(31)24-13-14-27(25(20-24)9-4-15-30)37-19-7-17-35-16-5-10-23-8-3-11-26(22(2)32)29(23)36-18-6-12-28(33)34/h3,8,11,13-14,20,30H,4-7,9-10,12,15-19H2,1-2H3,(H,33,34). The van der Waals surface area contributed by atoms with E-state index in [0.29, 0.717) is 49.4 Å². The van der Waals surface area contributed by atoms with Gasteiger partial charge >= 0.3 is 5.97 Å². The Labute approximate surface area is 223 Å². The number of rotatable bonds is 19. The minimum absolute atomic E-state index is 0.0252. The highest BCUT2D eigenvalue weighted by Crippen LogP contribution is 2.27. The molecule has 0 atom stereocenters. The molecule has 0 aliphatic carbocycles. The van der Waals surface area contributed by atoms with Gasteiger partial charge in [0.25, 0.3) is 0 Å². The van der Waals surface area contributed by atoms with E-state index < -0.39 is 5.97 Å². The third-order valence-corrected chi connectivity index (χ3v) is 6.96. The minimum atomic E-state index is -0.868. The topological polar surface area (TPSA) is 110 Å². The first-order valence-corrected chi connectivity index (χ1v) is 13.7. The Balaban J connectivity index is 1.77. The number of aliphatic hydroxyl groups is 1. The van der Waals surface area contributed by atoms with E-state index >= 15 is 0 Å². The Kier molecular flexibility index (Phi) is 14.0.